The zero-order valence-electron chi connectivity index (χ0n) is 18.4. The number of nitrogens with one attached hydrogen (secondary N) is 1. The van der Waals surface area contributed by atoms with Crippen molar-refractivity contribution in [2.45, 2.75) is 52.6 Å². The fourth-order valence-corrected chi connectivity index (χ4v) is 4.19. The van der Waals surface area contributed by atoms with Crippen LogP contribution in [-0.2, 0) is 11.3 Å². The van der Waals surface area contributed by atoms with Gasteiger partial charge in [0.25, 0.3) is 5.91 Å². The van der Waals surface area contributed by atoms with E-state index in [1.807, 2.05) is 49.5 Å². The molecule has 8 nitrogen and oxygen atoms in total. The molecule has 0 radical (unpaired) electrons. The highest BCUT2D eigenvalue weighted by Gasteiger charge is 2.27. The highest BCUT2D eigenvalue weighted by atomic mass is 16.2. The Morgan fingerprint density at radius 3 is 2.84 bits per heavy atom. The smallest absolute Gasteiger partial charge is 0.274 e. The molecule has 164 valence electrons. The highest BCUT2D eigenvalue weighted by molar-refractivity contribution is 5.94. The van der Waals surface area contributed by atoms with Crippen molar-refractivity contribution in [1.82, 2.24) is 24.2 Å². The number of hydrogen-bond acceptors (Lipinski definition) is 4. The van der Waals surface area contributed by atoms with Gasteiger partial charge in [-0.25, -0.2) is 4.98 Å². The van der Waals surface area contributed by atoms with Gasteiger partial charge in [0.15, 0.2) is 0 Å². The zero-order chi connectivity index (χ0) is 22.0. The number of imidazole rings is 1. The number of aromatic nitrogens is 4. The first kappa shape index (κ1) is 21.1. The van der Waals surface area contributed by atoms with Crippen LogP contribution in [0.2, 0.25) is 0 Å². The predicted molar refractivity (Wildman–Crippen MR) is 120 cm³/mol. The number of amides is 2. The van der Waals surface area contributed by atoms with Gasteiger partial charge in [0.2, 0.25) is 5.91 Å². The number of piperidine rings is 1. The number of carbonyl (C=O) groups excluding carboxylic acids is 2. The number of hydrogen-bond donors (Lipinski definition) is 1. The van der Waals surface area contributed by atoms with Crippen LogP contribution in [0, 0.1) is 5.92 Å². The van der Waals surface area contributed by atoms with Crippen molar-refractivity contribution < 1.29 is 9.59 Å². The molecule has 1 aliphatic rings. The first-order chi connectivity index (χ1) is 14.9. The lowest BCUT2D eigenvalue weighted by atomic mass is 9.94. The molecule has 0 bridgehead atoms. The largest absolute Gasteiger partial charge is 0.337 e. The van der Waals surface area contributed by atoms with E-state index in [1.54, 1.807) is 10.7 Å². The van der Waals surface area contributed by atoms with Crippen LogP contribution < -0.4 is 5.32 Å². The third-order valence-corrected chi connectivity index (χ3v) is 5.88. The van der Waals surface area contributed by atoms with E-state index in [9.17, 15) is 9.59 Å². The summed E-state index contributed by atoms with van der Waals surface area (Å²) in [6.45, 7) is 8.29. The van der Waals surface area contributed by atoms with Crippen molar-refractivity contribution in [3.63, 3.8) is 0 Å². The number of nitrogens with zero attached hydrogens (tertiary/aromatic N) is 5. The fraction of sp³-hybridized carbons (Fsp3) is 0.478. The maximum atomic E-state index is 12.8. The minimum Gasteiger partial charge on any atom is -0.337 e. The summed E-state index contributed by atoms with van der Waals surface area (Å²) in [4.78, 5) is 31.7. The van der Waals surface area contributed by atoms with Crippen molar-refractivity contribution in [1.29, 1.82) is 0 Å². The fourth-order valence-electron chi connectivity index (χ4n) is 4.19. The molecular weight excluding hydrogens is 392 g/mol. The van der Waals surface area contributed by atoms with E-state index in [-0.39, 0.29) is 23.8 Å². The first-order valence-corrected chi connectivity index (χ1v) is 11.0. The second-order valence-corrected chi connectivity index (χ2v) is 8.52. The summed E-state index contributed by atoms with van der Waals surface area (Å²) in [6, 6.07) is 7.79. The van der Waals surface area contributed by atoms with E-state index in [4.69, 9.17) is 0 Å². The van der Waals surface area contributed by atoms with E-state index in [0.29, 0.717) is 25.2 Å². The molecule has 1 saturated heterocycles. The summed E-state index contributed by atoms with van der Waals surface area (Å²) in [5.41, 5.74) is 3.15. The molecule has 0 aliphatic carbocycles. The Labute approximate surface area is 182 Å². The lowest BCUT2D eigenvalue weighted by Crippen LogP contribution is -2.41. The Kier molecular flexibility index (Phi) is 6.06. The normalized spacial score (nSPS) is 16.8. The summed E-state index contributed by atoms with van der Waals surface area (Å²) in [5, 5.41) is 7.39. The van der Waals surface area contributed by atoms with Crippen LogP contribution >= 0.6 is 0 Å². The maximum absolute atomic E-state index is 12.8. The van der Waals surface area contributed by atoms with Gasteiger partial charge in [-0.15, -0.1) is 0 Å². The molecule has 0 unspecified atom stereocenters. The zero-order valence-corrected chi connectivity index (χ0v) is 18.4. The molecule has 31 heavy (non-hydrogen) atoms. The van der Waals surface area contributed by atoms with Crippen molar-refractivity contribution in [2.75, 3.05) is 18.4 Å². The quantitative estimate of drug-likeness (QED) is 0.656. The van der Waals surface area contributed by atoms with Gasteiger partial charge in [-0.05, 0) is 63.8 Å². The molecule has 3 heterocycles. The minimum absolute atomic E-state index is 0.0299. The van der Waals surface area contributed by atoms with Gasteiger partial charge in [-0.3, -0.25) is 14.3 Å². The molecular formula is C23H30N6O2. The summed E-state index contributed by atoms with van der Waals surface area (Å²) in [6.07, 6.45) is 5.89. The average molecular weight is 423 g/mol. The van der Waals surface area contributed by atoms with E-state index in [2.05, 4.69) is 26.9 Å². The van der Waals surface area contributed by atoms with Crippen molar-refractivity contribution >= 4 is 28.5 Å². The lowest BCUT2D eigenvalue weighted by molar-refractivity contribution is -0.117. The van der Waals surface area contributed by atoms with E-state index >= 15 is 0 Å². The van der Waals surface area contributed by atoms with E-state index in [0.717, 1.165) is 36.1 Å². The van der Waals surface area contributed by atoms with Crippen molar-refractivity contribution in [3.05, 3.63) is 42.5 Å². The molecule has 1 aliphatic heterocycles. The Balaban J connectivity index is 1.35. The van der Waals surface area contributed by atoms with Crippen LogP contribution in [0.15, 0.2) is 36.8 Å². The third-order valence-electron chi connectivity index (χ3n) is 5.88. The van der Waals surface area contributed by atoms with Crippen molar-refractivity contribution in [2.24, 2.45) is 5.92 Å². The number of anilines is 1. The van der Waals surface area contributed by atoms with Crippen LogP contribution in [0.25, 0.3) is 11.0 Å². The monoisotopic (exact) mass is 422 g/mol. The van der Waals surface area contributed by atoms with Gasteiger partial charge in [-0.1, -0.05) is 0 Å². The number of benzene rings is 1. The molecule has 4 rings (SSSR count). The van der Waals surface area contributed by atoms with Gasteiger partial charge in [0, 0.05) is 44.0 Å². The third kappa shape index (κ3) is 4.62. The number of aryl methyl sites for hydroxylation is 1. The number of carbonyl (C=O) groups is 2. The Hall–Kier alpha value is -3.16. The maximum Gasteiger partial charge on any atom is 0.274 e. The van der Waals surface area contributed by atoms with Crippen LogP contribution in [0.1, 0.15) is 56.6 Å². The molecule has 2 amide bonds. The van der Waals surface area contributed by atoms with Crippen LogP contribution in [0.4, 0.5) is 5.69 Å². The van der Waals surface area contributed by atoms with E-state index in [1.165, 1.54) is 0 Å². The van der Waals surface area contributed by atoms with Gasteiger partial charge in [-0.2, -0.15) is 5.10 Å². The van der Waals surface area contributed by atoms with E-state index < -0.39 is 0 Å². The van der Waals surface area contributed by atoms with Gasteiger partial charge in [0.05, 0.1) is 17.4 Å². The van der Waals surface area contributed by atoms with Crippen LogP contribution in [0.5, 0.6) is 0 Å². The Morgan fingerprint density at radius 2 is 2.10 bits per heavy atom. The van der Waals surface area contributed by atoms with Gasteiger partial charge >= 0.3 is 0 Å². The minimum atomic E-state index is -0.0542. The molecule has 1 fully saturated rings. The van der Waals surface area contributed by atoms with Crippen LogP contribution in [-0.4, -0.2) is 49.1 Å². The molecule has 1 N–H and O–H groups in total. The molecule has 3 aromatic rings. The lowest BCUT2D eigenvalue weighted by Gasteiger charge is -2.32. The Morgan fingerprint density at radius 1 is 1.26 bits per heavy atom. The van der Waals surface area contributed by atoms with Gasteiger partial charge < -0.3 is 14.8 Å². The first-order valence-electron chi connectivity index (χ1n) is 11.0. The van der Waals surface area contributed by atoms with Gasteiger partial charge in [0.1, 0.15) is 5.69 Å². The summed E-state index contributed by atoms with van der Waals surface area (Å²) < 4.78 is 3.86. The molecule has 0 spiro atoms. The summed E-state index contributed by atoms with van der Waals surface area (Å²) in [5.74, 6) is 0.0621. The molecule has 0 saturated carbocycles. The number of rotatable bonds is 6. The SMILES string of the molecule is CCn1cnc2cc(NC(=O)C[C@@H]3CCCN(C(=O)c4ccn(C(C)C)n4)C3)ccc21. The number of fused-ring (bicyclic) bond motifs is 1. The summed E-state index contributed by atoms with van der Waals surface area (Å²) in [7, 11) is 0. The molecule has 1 atom stereocenters. The van der Waals surface area contributed by atoms with Crippen molar-refractivity contribution in [3.8, 4) is 0 Å². The second-order valence-electron chi connectivity index (χ2n) is 8.52. The van der Waals surface area contributed by atoms with Crippen LogP contribution in [0.3, 0.4) is 0 Å². The molecule has 8 heteroatoms. The predicted octanol–water partition coefficient (Wildman–Crippen LogP) is 3.71. The second kappa shape index (κ2) is 8.91. The average Bonchev–Trinajstić information content (AvgIpc) is 3.40. The highest BCUT2D eigenvalue weighted by Crippen LogP contribution is 2.23. The topological polar surface area (TPSA) is 85.0 Å². The Bertz CT molecular complexity index is 1080. The summed E-state index contributed by atoms with van der Waals surface area (Å²) >= 11 is 0. The molecule has 1 aromatic carbocycles. The standard InChI is InChI=1S/C23H30N6O2/c1-4-27-15-24-20-13-18(7-8-21(20)27)25-22(30)12-17-6-5-10-28(14-17)23(31)19-9-11-29(26-19)16(2)3/h7-9,11,13,15-17H,4-6,10,12,14H2,1-3H3,(H,25,30)/t17-/m0/s1. The number of likely N-dealkylation sites (tertiary alicyclic amines) is 1. The molecule has 2 aromatic heterocycles.